The number of hydrogen-bond donors (Lipinski definition) is 1. The number of nitrogens with zero attached hydrogens (tertiary/aromatic N) is 3. The molecule has 1 aromatic heterocycles. The molecule has 9 heteroatoms. The molecule has 0 spiro atoms. The van der Waals surface area contributed by atoms with Crippen molar-refractivity contribution in [3.8, 4) is 0 Å². The first-order valence-electron chi connectivity index (χ1n) is 7.81. The van der Waals surface area contributed by atoms with Gasteiger partial charge in [0.1, 0.15) is 5.82 Å². The van der Waals surface area contributed by atoms with Gasteiger partial charge in [0.2, 0.25) is 5.92 Å². The summed E-state index contributed by atoms with van der Waals surface area (Å²) in [5, 5.41) is 13.0. The van der Waals surface area contributed by atoms with Gasteiger partial charge in [-0.3, -0.25) is 0 Å². The van der Waals surface area contributed by atoms with Gasteiger partial charge < -0.3 is 9.84 Å². The Morgan fingerprint density at radius 3 is 2.70 bits per heavy atom. The number of hydrogen-bond acceptors (Lipinski definition) is 4. The van der Waals surface area contributed by atoms with Gasteiger partial charge in [-0.15, -0.1) is 0 Å². The molecular formula is C14H19F2N3O4. The maximum absolute atomic E-state index is 13.2. The molecule has 1 unspecified atom stereocenters. The van der Waals surface area contributed by atoms with Crippen molar-refractivity contribution in [1.82, 2.24) is 14.3 Å². The van der Waals surface area contributed by atoms with Crippen LogP contribution in [0.4, 0.5) is 13.6 Å². The smallest absolute Gasteiger partial charge is 0.450 e. The van der Waals surface area contributed by atoms with E-state index in [0.29, 0.717) is 37.9 Å². The predicted molar refractivity (Wildman–Crippen MR) is 74.5 cm³/mol. The quantitative estimate of drug-likeness (QED) is 0.860. The number of carbonyl (C=O) groups is 1. The third-order valence-electron chi connectivity index (χ3n) is 4.59. The molecule has 0 amide bonds. The number of ether oxygens (including phenoxy) is 1. The first-order chi connectivity index (χ1) is 10.9. The summed E-state index contributed by atoms with van der Waals surface area (Å²) >= 11 is 0. The molecule has 1 atom stereocenters. The fourth-order valence-electron chi connectivity index (χ4n) is 3.36. The average molecular weight is 331 g/mol. The molecule has 1 aliphatic heterocycles. The molecule has 2 aliphatic rings. The Morgan fingerprint density at radius 2 is 2.04 bits per heavy atom. The van der Waals surface area contributed by atoms with E-state index in [1.807, 2.05) is 0 Å². The lowest BCUT2D eigenvalue weighted by Crippen LogP contribution is -2.34. The highest BCUT2D eigenvalue weighted by Gasteiger charge is 2.36. The molecule has 2 heterocycles. The fourth-order valence-corrected chi connectivity index (χ4v) is 3.36. The summed E-state index contributed by atoms with van der Waals surface area (Å²) in [6.07, 6.45) is -0.206. The predicted octanol–water partition coefficient (Wildman–Crippen LogP) is 2.40. The van der Waals surface area contributed by atoms with Crippen LogP contribution in [0, 0.1) is 5.92 Å². The van der Waals surface area contributed by atoms with Crippen molar-refractivity contribution in [2.24, 2.45) is 5.92 Å². The number of aryl methyl sites for hydroxylation is 1. The van der Waals surface area contributed by atoms with Crippen LogP contribution in [0.2, 0.25) is 0 Å². The molecule has 1 aromatic rings. The van der Waals surface area contributed by atoms with Crippen molar-refractivity contribution in [1.29, 1.82) is 0 Å². The van der Waals surface area contributed by atoms with E-state index in [4.69, 9.17) is 9.84 Å². The minimum Gasteiger partial charge on any atom is -0.450 e. The van der Waals surface area contributed by atoms with Gasteiger partial charge in [0.05, 0.1) is 0 Å². The summed E-state index contributed by atoms with van der Waals surface area (Å²) < 4.78 is 33.7. The molecule has 1 N–H and O–H groups in total. The number of fused-ring (bicyclic) bond motifs is 1. The van der Waals surface area contributed by atoms with Crippen molar-refractivity contribution in [3.05, 3.63) is 16.3 Å². The van der Waals surface area contributed by atoms with Crippen LogP contribution in [-0.2, 0) is 17.7 Å². The molecular weight excluding hydrogens is 312 g/mol. The highest BCUT2D eigenvalue weighted by molar-refractivity contribution is 5.56. The van der Waals surface area contributed by atoms with E-state index in [2.05, 4.69) is 5.10 Å². The molecule has 23 heavy (non-hydrogen) atoms. The summed E-state index contributed by atoms with van der Waals surface area (Å²) in [5.74, 6) is -2.12. The summed E-state index contributed by atoms with van der Waals surface area (Å²) in [7, 11) is 0. The third kappa shape index (κ3) is 3.37. The first-order valence-corrected chi connectivity index (χ1v) is 7.81. The Kier molecular flexibility index (Phi) is 4.11. The largest absolute Gasteiger partial charge is 0.507 e. The third-order valence-corrected chi connectivity index (χ3v) is 4.59. The Bertz CT molecular complexity index is 645. The highest BCUT2D eigenvalue weighted by Crippen LogP contribution is 2.36. The number of carboxylic acid groups (broad SMARTS) is 1. The molecule has 0 saturated heterocycles. The molecule has 0 aromatic carbocycles. The van der Waals surface area contributed by atoms with E-state index < -0.39 is 24.0 Å². The van der Waals surface area contributed by atoms with Crippen molar-refractivity contribution in [2.45, 2.75) is 63.6 Å². The second kappa shape index (κ2) is 5.93. The second-order valence-electron chi connectivity index (χ2n) is 6.28. The Labute approximate surface area is 130 Å². The van der Waals surface area contributed by atoms with Gasteiger partial charge in [-0.25, -0.2) is 27.6 Å². The number of aromatic nitrogens is 3. The van der Waals surface area contributed by atoms with Crippen LogP contribution >= 0.6 is 0 Å². The SMILES string of the molecule is O=C(O)OC1CCCc2nn(CC3CCC(F)(F)CC3)c(=O)n21. The maximum Gasteiger partial charge on any atom is 0.507 e. The van der Waals surface area contributed by atoms with Crippen LogP contribution in [0.15, 0.2) is 4.79 Å². The van der Waals surface area contributed by atoms with Gasteiger partial charge in [-0.2, -0.15) is 5.10 Å². The lowest BCUT2D eigenvalue weighted by atomic mass is 9.87. The molecule has 3 rings (SSSR count). The van der Waals surface area contributed by atoms with E-state index in [1.54, 1.807) is 0 Å². The van der Waals surface area contributed by atoms with Gasteiger partial charge in [0, 0.05) is 32.2 Å². The van der Waals surface area contributed by atoms with Crippen molar-refractivity contribution >= 4 is 6.16 Å². The summed E-state index contributed by atoms with van der Waals surface area (Å²) in [4.78, 5) is 23.2. The maximum atomic E-state index is 13.2. The monoisotopic (exact) mass is 331 g/mol. The highest BCUT2D eigenvalue weighted by atomic mass is 19.3. The van der Waals surface area contributed by atoms with Crippen LogP contribution < -0.4 is 5.69 Å². The average Bonchev–Trinajstić information content (AvgIpc) is 2.78. The van der Waals surface area contributed by atoms with Gasteiger partial charge in [0.25, 0.3) is 0 Å². The lowest BCUT2D eigenvalue weighted by Gasteiger charge is -2.27. The molecule has 1 saturated carbocycles. The summed E-state index contributed by atoms with van der Waals surface area (Å²) in [6, 6.07) is 0. The van der Waals surface area contributed by atoms with E-state index >= 15 is 0 Å². The van der Waals surface area contributed by atoms with Gasteiger partial charge in [-0.1, -0.05) is 0 Å². The second-order valence-corrected chi connectivity index (χ2v) is 6.28. The molecule has 7 nitrogen and oxygen atoms in total. The van der Waals surface area contributed by atoms with Crippen LogP contribution in [0.3, 0.4) is 0 Å². The molecule has 0 bridgehead atoms. The van der Waals surface area contributed by atoms with E-state index in [9.17, 15) is 18.4 Å². The Morgan fingerprint density at radius 1 is 1.35 bits per heavy atom. The topological polar surface area (TPSA) is 86.3 Å². The van der Waals surface area contributed by atoms with Crippen LogP contribution in [0.5, 0.6) is 0 Å². The zero-order valence-electron chi connectivity index (χ0n) is 12.6. The zero-order chi connectivity index (χ0) is 16.6. The zero-order valence-corrected chi connectivity index (χ0v) is 12.6. The van der Waals surface area contributed by atoms with E-state index in [0.717, 1.165) is 0 Å². The van der Waals surface area contributed by atoms with Crippen molar-refractivity contribution in [2.75, 3.05) is 0 Å². The molecule has 0 radical (unpaired) electrons. The van der Waals surface area contributed by atoms with Gasteiger partial charge in [0.15, 0.2) is 6.23 Å². The number of rotatable bonds is 3. The number of alkyl halides is 2. The molecule has 128 valence electrons. The van der Waals surface area contributed by atoms with Crippen LogP contribution in [-0.4, -0.2) is 31.5 Å². The standard InChI is InChI=1S/C14H19F2N3O4/c15-14(16)6-4-9(5-7-14)8-18-12(20)19-10(17-18)2-1-3-11(19)23-13(21)22/h9,11H,1-8H2,(H,21,22). The molecule has 1 fully saturated rings. The minimum absolute atomic E-state index is 0.0110. The Balaban J connectivity index is 1.76. The lowest BCUT2D eigenvalue weighted by molar-refractivity contribution is -0.0477. The normalized spacial score (nSPS) is 24.2. The van der Waals surface area contributed by atoms with Crippen molar-refractivity contribution in [3.63, 3.8) is 0 Å². The summed E-state index contributed by atoms with van der Waals surface area (Å²) in [6.45, 7) is 0.286. The van der Waals surface area contributed by atoms with E-state index in [-0.39, 0.29) is 25.3 Å². The van der Waals surface area contributed by atoms with E-state index in [1.165, 1.54) is 9.25 Å². The van der Waals surface area contributed by atoms with Gasteiger partial charge in [-0.05, 0) is 25.2 Å². The number of halogens is 2. The van der Waals surface area contributed by atoms with Crippen LogP contribution in [0.25, 0.3) is 0 Å². The van der Waals surface area contributed by atoms with Crippen molar-refractivity contribution < 1.29 is 23.4 Å². The first kappa shape index (κ1) is 15.9. The fraction of sp³-hybridized carbons (Fsp3) is 0.786. The summed E-state index contributed by atoms with van der Waals surface area (Å²) in [5.41, 5.74) is -0.428. The minimum atomic E-state index is -2.60. The Hall–Kier alpha value is -1.93. The van der Waals surface area contributed by atoms with Crippen LogP contribution in [0.1, 0.15) is 50.6 Å². The van der Waals surface area contributed by atoms with Gasteiger partial charge >= 0.3 is 11.8 Å². The molecule has 1 aliphatic carbocycles.